The Morgan fingerprint density at radius 2 is 2.44 bits per heavy atom. The predicted molar refractivity (Wildman–Crippen MR) is 81.7 cm³/mol. The van der Waals surface area contributed by atoms with E-state index in [1.165, 1.54) is 0 Å². The standard InChI is InChI=1S/C15H18BrClO/c1-3-5-6-11-15-13(17)9-7-8-10-14(18-15)12(16)4-2/h1,5-8,13,15H,4,9-11H2,2H3/b6-5-,8-7-,14-12-/t13-,15-/m1/s1. The van der Waals surface area contributed by atoms with Crippen LogP contribution in [0, 0.1) is 12.3 Å². The van der Waals surface area contributed by atoms with Gasteiger partial charge in [0.1, 0.15) is 11.9 Å². The third-order valence-corrected chi connectivity index (χ3v) is 4.19. The summed E-state index contributed by atoms with van der Waals surface area (Å²) in [5, 5.41) is -0.0314. The highest BCUT2D eigenvalue weighted by Gasteiger charge is 2.22. The van der Waals surface area contributed by atoms with E-state index in [4.69, 9.17) is 22.8 Å². The molecule has 1 aliphatic rings. The van der Waals surface area contributed by atoms with Gasteiger partial charge in [-0.05, 0) is 18.9 Å². The van der Waals surface area contributed by atoms with Gasteiger partial charge < -0.3 is 4.74 Å². The Labute approximate surface area is 123 Å². The number of halogens is 2. The van der Waals surface area contributed by atoms with Gasteiger partial charge in [-0.1, -0.05) is 47.0 Å². The summed E-state index contributed by atoms with van der Waals surface area (Å²) in [6.45, 7) is 2.09. The second-order valence-electron chi connectivity index (χ2n) is 4.07. The van der Waals surface area contributed by atoms with E-state index in [1.807, 2.05) is 6.08 Å². The monoisotopic (exact) mass is 328 g/mol. The van der Waals surface area contributed by atoms with Gasteiger partial charge in [-0.3, -0.25) is 0 Å². The van der Waals surface area contributed by atoms with Gasteiger partial charge in [0.2, 0.25) is 0 Å². The van der Waals surface area contributed by atoms with Gasteiger partial charge in [0, 0.05) is 17.3 Å². The maximum atomic E-state index is 6.35. The molecule has 0 aromatic carbocycles. The van der Waals surface area contributed by atoms with Crippen molar-refractivity contribution in [3.8, 4) is 12.3 Å². The lowest BCUT2D eigenvalue weighted by atomic mass is 10.1. The number of alkyl halides is 1. The lowest BCUT2D eigenvalue weighted by molar-refractivity contribution is 0.108. The van der Waals surface area contributed by atoms with E-state index in [0.29, 0.717) is 0 Å². The van der Waals surface area contributed by atoms with Crippen LogP contribution in [-0.2, 0) is 4.74 Å². The highest BCUT2D eigenvalue weighted by atomic mass is 79.9. The summed E-state index contributed by atoms with van der Waals surface area (Å²) in [6.07, 6.45) is 16.3. The van der Waals surface area contributed by atoms with E-state index in [1.54, 1.807) is 6.08 Å². The number of hydrogen-bond donors (Lipinski definition) is 0. The lowest BCUT2D eigenvalue weighted by Crippen LogP contribution is -2.25. The molecule has 1 rings (SSSR count). The molecule has 98 valence electrons. The van der Waals surface area contributed by atoms with Crippen LogP contribution in [0.25, 0.3) is 0 Å². The Hall–Kier alpha value is -0.650. The summed E-state index contributed by atoms with van der Waals surface area (Å²) in [4.78, 5) is 0. The number of rotatable bonds is 3. The Balaban J connectivity index is 2.82. The first-order valence-electron chi connectivity index (χ1n) is 6.13. The second kappa shape index (κ2) is 8.45. The molecule has 1 aliphatic heterocycles. The van der Waals surface area contributed by atoms with Crippen LogP contribution in [0.3, 0.4) is 0 Å². The maximum Gasteiger partial charge on any atom is 0.118 e. The quantitative estimate of drug-likeness (QED) is 0.405. The maximum absolute atomic E-state index is 6.35. The Kier molecular flexibility index (Phi) is 7.23. The second-order valence-corrected chi connectivity index (χ2v) is 5.59. The van der Waals surface area contributed by atoms with Crippen LogP contribution in [0.1, 0.15) is 32.6 Å². The minimum atomic E-state index is -0.0321. The van der Waals surface area contributed by atoms with Crippen LogP contribution < -0.4 is 0 Å². The van der Waals surface area contributed by atoms with Gasteiger partial charge in [0.25, 0.3) is 0 Å². The van der Waals surface area contributed by atoms with E-state index in [9.17, 15) is 0 Å². The minimum Gasteiger partial charge on any atom is -0.492 e. The topological polar surface area (TPSA) is 9.23 Å². The first-order valence-corrected chi connectivity index (χ1v) is 7.36. The third-order valence-electron chi connectivity index (χ3n) is 2.72. The van der Waals surface area contributed by atoms with Crippen molar-refractivity contribution in [1.29, 1.82) is 0 Å². The normalized spacial score (nSPS) is 29.0. The van der Waals surface area contributed by atoms with Gasteiger partial charge >= 0.3 is 0 Å². The highest BCUT2D eigenvalue weighted by Crippen LogP contribution is 2.28. The van der Waals surface area contributed by atoms with E-state index in [-0.39, 0.29) is 11.5 Å². The molecule has 0 radical (unpaired) electrons. The first kappa shape index (κ1) is 15.4. The smallest absolute Gasteiger partial charge is 0.118 e. The minimum absolute atomic E-state index is 0.0314. The van der Waals surface area contributed by atoms with Gasteiger partial charge in [-0.15, -0.1) is 18.0 Å². The van der Waals surface area contributed by atoms with E-state index < -0.39 is 0 Å². The highest BCUT2D eigenvalue weighted by molar-refractivity contribution is 9.11. The molecule has 2 atom stereocenters. The zero-order chi connectivity index (χ0) is 13.4. The number of hydrogen-bond acceptors (Lipinski definition) is 1. The molecule has 0 aromatic heterocycles. The molecule has 1 nitrogen and oxygen atoms in total. The number of terminal acetylenes is 1. The molecule has 0 aliphatic carbocycles. The molecule has 0 saturated heterocycles. The molecule has 0 saturated carbocycles. The molecule has 0 fully saturated rings. The summed E-state index contributed by atoms with van der Waals surface area (Å²) in [5.74, 6) is 3.45. The molecule has 0 bridgehead atoms. The number of ether oxygens (including phenoxy) is 1. The van der Waals surface area contributed by atoms with E-state index >= 15 is 0 Å². The van der Waals surface area contributed by atoms with E-state index in [0.717, 1.165) is 35.9 Å². The van der Waals surface area contributed by atoms with Crippen molar-refractivity contribution in [2.24, 2.45) is 0 Å². The molecular weight excluding hydrogens is 312 g/mol. The molecule has 3 heteroatoms. The lowest BCUT2D eigenvalue weighted by Gasteiger charge is -2.25. The Morgan fingerprint density at radius 3 is 3.11 bits per heavy atom. The van der Waals surface area contributed by atoms with Crippen molar-refractivity contribution in [2.45, 2.75) is 44.1 Å². The Morgan fingerprint density at radius 1 is 1.67 bits per heavy atom. The summed E-state index contributed by atoms with van der Waals surface area (Å²) in [5.41, 5.74) is 0. The zero-order valence-electron chi connectivity index (χ0n) is 10.5. The average Bonchev–Trinajstić information content (AvgIpc) is 2.37. The third kappa shape index (κ3) is 4.92. The van der Waals surface area contributed by atoms with Crippen LogP contribution in [0.2, 0.25) is 0 Å². The molecule has 0 amide bonds. The van der Waals surface area contributed by atoms with Gasteiger partial charge in [0.05, 0.1) is 5.38 Å². The zero-order valence-corrected chi connectivity index (χ0v) is 12.9. The van der Waals surface area contributed by atoms with Crippen molar-refractivity contribution in [1.82, 2.24) is 0 Å². The number of allylic oxidation sites excluding steroid dienone is 4. The summed E-state index contributed by atoms with van der Waals surface area (Å²) < 4.78 is 7.13. The SMILES string of the molecule is C#C/C=C\C[C@H]1O/C(=C(\Br)CC)C/C=C\C[C@H]1Cl. The van der Waals surface area contributed by atoms with Crippen LogP contribution in [0.4, 0.5) is 0 Å². The van der Waals surface area contributed by atoms with Crippen molar-refractivity contribution in [3.05, 3.63) is 34.5 Å². The predicted octanol–water partition coefficient (Wildman–Crippen LogP) is 4.93. The summed E-state index contributed by atoms with van der Waals surface area (Å²) in [7, 11) is 0. The molecule has 1 heterocycles. The van der Waals surface area contributed by atoms with Crippen molar-refractivity contribution < 1.29 is 4.74 Å². The molecule has 0 unspecified atom stereocenters. The van der Waals surface area contributed by atoms with Gasteiger partial charge in [0.15, 0.2) is 0 Å². The van der Waals surface area contributed by atoms with Crippen molar-refractivity contribution >= 4 is 27.5 Å². The molecule has 0 aromatic rings. The van der Waals surface area contributed by atoms with Crippen LogP contribution in [-0.4, -0.2) is 11.5 Å². The van der Waals surface area contributed by atoms with Crippen LogP contribution in [0.5, 0.6) is 0 Å². The summed E-state index contributed by atoms with van der Waals surface area (Å²) in [6, 6.07) is 0. The first-order chi connectivity index (χ1) is 8.69. The van der Waals surface area contributed by atoms with Crippen LogP contribution >= 0.6 is 27.5 Å². The van der Waals surface area contributed by atoms with Crippen LogP contribution in [0.15, 0.2) is 34.5 Å². The molecular formula is C15H18BrClO. The fraction of sp³-hybridized carbons (Fsp3) is 0.467. The van der Waals surface area contributed by atoms with Crippen molar-refractivity contribution in [2.75, 3.05) is 0 Å². The fourth-order valence-corrected chi connectivity index (χ4v) is 2.22. The molecule has 0 N–H and O–H groups in total. The Bertz CT molecular complexity index is 390. The molecule has 0 spiro atoms. The average molecular weight is 330 g/mol. The fourth-order valence-electron chi connectivity index (χ4n) is 1.71. The largest absolute Gasteiger partial charge is 0.492 e. The van der Waals surface area contributed by atoms with Gasteiger partial charge in [-0.2, -0.15) is 0 Å². The van der Waals surface area contributed by atoms with Crippen molar-refractivity contribution in [3.63, 3.8) is 0 Å². The summed E-state index contributed by atoms with van der Waals surface area (Å²) >= 11 is 9.91. The van der Waals surface area contributed by atoms with Gasteiger partial charge in [-0.25, -0.2) is 0 Å². The molecule has 18 heavy (non-hydrogen) atoms. The van der Waals surface area contributed by atoms with E-state index in [2.05, 4.69) is 40.9 Å².